The lowest BCUT2D eigenvalue weighted by Crippen LogP contribution is -2.28. The predicted molar refractivity (Wildman–Crippen MR) is 404 cm³/mol. The summed E-state index contributed by atoms with van der Waals surface area (Å²) in [6.07, 6.45) is 18.8. The van der Waals surface area contributed by atoms with Gasteiger partial charge in [-0.3, -0.25) is 0 Å². The summed E-state index contributed by atoms with van der Waals surface area (Å²) in [6, 6.07) is 50.7. The molecule has 0 radical (unpaired) electrons. The second kappa shape index (κ2) is 39.5. The molecule has 2 fully saturated rings. The molecule has 2 aliphatic rings. The Bertz CT molecular complexity index is 2820. The molecule has 6 aromatic rings. The van der Waals surface area contributed by atoms with Crippen molar-refractivity contribution in [3.63, 3.8) is 0 Å². The zero-order valence-electron chi connectivity index (χ0n) is 63.3. The number of benzene rings is 6. The third kappa shape index (κ3) is 24.9. The van der Waals surface area contributed by atoms with Crippen LogP contribution in [-0.4, -0.2) is 30.6 Å². The maximum Gasteiger partial charge on any atom is 0.0896 e. The van der Waals surface area contributed by atoms with E-state index in [0.29, 0.717) is 35.5 Å². The van der Waals surface area contributed by atoms with Crippen LogP contribution < -0.4 is 0 Å². The Morgan fingerprint density at radius 3 is 0.777 bits per heavy atom. The van der Waals surface area contributed by atoms with E-state index >= 15 is 0 Å². The monoisotopic (exact) mass is 1290 g/mol. The van der Waals surface area contributed by atoms with Crippen molar-refractivity contribution < 1.29 is 30.6 Å². The van der Waals surface area contributed by atoms with Crippen LogP contribution in [0.4, 0.5) is 0 Å². The molecule has 0 saturated heterocycles. The third-order valence-corrected chi connectivity index (χ3v) is 22.2. The van der Waals surface area contributed by atoms with Crippen LogP contribution in [-0.2, 0) is 33.6 Å². The van der Waals surface area contributed by atoms with Gasteiger partial charge in [0.25, 0.3) is 0 Å². The molecule has 0 aromatic heterocycles. The fourth-order valence-corrected chi connectivity index (χ4v) is 12.2. The largest absolute Gasteiger partial charge is 0.386 e. The molecule has 6 N–H and O–H groups in total. The van der Waals surface area contributed by atoms with Crippen LogP contribution in [0, 0.1) is 5.92 Å². The van der Waals surface area contributed by atoms with Crippen molar-refractivity contribution in [2.75, 3.05) is 0 Å². The molecule has 2 saturated carbocycles. The summed E-state index contributed by atoms with van der Waals surface area (Å²) in [4.78, 5) is 0. The van der Waals surface area contributed by atoms with Crippen molar-refractivity contribution >= 4 is 0 Å². The lowest BCUT2D eigenvalue weighted by Gasteiger charge is -2.32. The highest BCUT2D eigenvalue weighted by molar-refractivity contribution is 5.34. The van der Waals surface area contributed by atoms with Crippen LogP contribution in [0.15, 0.2) is 146 Å². The molecule has 0 spiro atoms. The van der Waals surface area contributed by atoms with Crippen LogP contribution in [0.25, 0.3) is 0 Å². The minimum atomic E-state index is -0.728. The van der Waals surface area contributed by atoms with Gasteiger partial charge in [0.1, 0.15) is 0 Å². The fraction of sp³-hybridized carbons (Fsp3) is 0.591. The van der Waals surface area contributed by atoms with Crippen molar-refractivity contribution in [3.8, 4) is 0 Å². The summed E-state index contributed by atoms with van der Waals surface area (Å²) >= 11 is 0. The highest BCUT2D eigenvalue weighted by Crippen LogP contribution is 2.40. The van der Waals surface area contributed by atoms with E-state index in [2.05, 4.69) is 204 Å². The molecule has 6 nitrogen and oxygen atoms in total. The molecule has 0 amide bonds. The van der Waals surface area contributed by atoms with Gasteiger partial charge in [-0.15, -0.1) is 0 Å². The van der Waals surface area contributed by atoms with E-state index in [4.69, 9.17) is 0 Å². The topological polar surface area (TPSA) is 121 Å². The van der Waals surface area contributed by atoms with Crippen LogP contribution in [0.1, 0.15) is 363 Å². The first-order valence-electron chi connectivity index (χ1n) is 37.2. The van der Waals surface area contributed by atoms with E-state index in [1.807, 2.05) is 86.6 Å². The number of aliphatic hydroxyl groups is 6. The van der Waals surface area contributed by atoms with E-state index in [1.165, 1.54) is 52.6 Å². The zero-order chi connectivity index (χ0) is 70.7. The fourth-order valence-electron chi connectivity index (χ4n) is 12.2. The van der Waals surface area contributed by atoms with Gasteiger partial charge >= 0.3 is 0 Å². The van der Waals surface area contributed by atoms with Crippen LogP contribution in [0.3, 0.4) is 0 Å². The van der Waals surface area contributed by atoms with E-state index in [9.17, 15) is 30.6 Å². The molecule has 6 aromatic carbocycles. The Labute approximate surface area is 575 Å². The quantitative estimate of drug-likeness (QED) is 0.0403. The highest BCUT2D eigenvalue weighted by Gasteiger charge is 2.34. The Morgan fingerprint density at radius 2 is 0.543 bits per heavy atom. The van der Waals surface area contributed by atoms with Crippen molar-refractivity contribution in [2.45, 2.75) is 330 Å². The molecule has 94 heavy (non-hydrogen) atoms. The molecule has 8 rings (SSSR count). The Morgan fingerprint density at radius 1 is 0.309 bits per heavy atom. The lowest BCUT2D eigenvalue weighted by atomic mass is 9.79. The van der Waals surface area contributed by atoms with Gasteiger partial charge in [0.2, 0.25) is 0 Å². The molecule has 0 bridgehead atoms. The van der Waals surface area contributed by atoms with E-state index < -0.39 is 33.6 Å². The summed E-state index contributed by atoms with van der Waals surface area (Å²) in [5.74, 6) is 3.86. The highest BCUT2D eigenvalue weighted by atomic mass is 16.3. The summed E-state index contributed by atoms with van der Waals surface area (Å²) in [5, 5.41) is 61.7. The lowest BCUT2D eigenvalue weighted by molar-refractivity contribution is -0.000667. The Hall–Kier alpha value is -4.92. The normalized spacial score (nSPS) is 17.5. The van der Waals surface area contributed by atoms with E-state index in [0.717, 1.165) is 130 Å². The molecule has 8 atom stereocenters. The van der Waals surface area contributed by atoms with Gasteiger partial charge in [0, 0.05) is 0 Å². The first-order chi connectivity index (χ1) is 44.2. The van der Waals surface area contributed by atoms with Crippen LogP contribution in [0.5, 0.6) is 0 Å². The van der Waals surface area contributed by atoms with Crippen molar-refractivity contribution in [3.05, 3.63) is 212 Å². The van der Waals surface area contributed by atoms with Crippen LogP contribution in [0.2, 0.25) is 0 Å². The molecular weight excluding hydrogens is 1150 g/mol. The van der Waals surface area contributed by atoms with Gasteiger partial charge in [-0.2, -0.15) is 0 Å². The van der Waals surface area contributed by atoms with Gasteiger partial charge in [0.05, 0.1) is 33.6 Å². The molecule has 2 aliphatic carbocycles. The van der Waals surface area contributed by atoms with Gasteiger partial charge in [-0.25, -0.2) is 0 Å². The first-order valence-corrected chi connectivity index (χ1v) is 37.2. The van der Waals surface area contributed by atoms with E-state index in [-0.39, 0.29) is 5.92 Å². The second-order valence-corrected chi connectivity index (χ2v) is 29.6. The molecule has 0 heterocycles. The Balaban J connectivity index is 0.000000294. The molecule has 0 aliphatic heterocycles. The molecule has 6 heteroatoms. The average molecular weight is 1290 g/mol. The van der Waals surface area contributed by atoms with Crippen molar-refractivity contribution in [1.82, 2.24) is 0 Å². The first kappa shape index (κ1) is 83.3. The Kier molecular flexibility index (Phi) is 35.0. The van der Waals surface area contributed by atoms with Gasteiger partial charge < -0.3 is 30.6 Å². The minimum Gasteiger partial charge on any atom is -0.386 e. The predicted octanol–water partition coefficient (Wildman–Crippen LogP) is 23.8. The van der Waals surface area contributed by atoms with Gasteiger partial charge in [-0.05, 0) is 219 Å². The number of rotatable bonds is 22. The summed E-state index contributed by atoms with van der Waals surface area (Å²) in [6.45, 7) is 44.2. The maximum absolute atomic E-state index is 10.6. The smallest absolute Gasteiger partial charge is 0.0896 e. The summed E-state index contributed by atoms with van der Waals surface area (Å²) in [7, 11) is 0. The molecule has 524 valence electrons. The standard InChI is InChI=1S/C16H24O.C15H22O.2C15H24O.C14H22O.C13H20O/c1-3-13(2)14-7-9-15(10-8-14)16(17)11-5-4-6-12-16;1-3-12(2)13-6-8-14(9-7-13)15(16)10-4-5-11-15;1-6-12(4)13-7-9-14(10-8-13)15(5,16)11(2)3;1-5-12(4)13-8-10-14(11-9-13)15(16,6-2)7-3;1-5-11(3)12-7-9-13(10-8-12)14(4,15)6-2;1-5-10(2)11-6-8-12(9-7-11)13(3,4)14/h7-10,13,17H,3-6,11-12H2,1-2H3;6-9,12,16H,3-5,10-11H2,1-2H3;7-12,16H,6H2,1-5H3;8-12,16H,5-7H2,1-4H3;7-11,15H,5-6H2,1-4H3;6-10,14H,5H2,1-4H3. The third-order valence-electron chi connectivity index (χ3n) is 22.2. The van der Waals surface area contributed by atoms with E-state index in [1.54, 1.807) is 0 Å². The number of hydrogen-bond donors (Lipinski definition) is 6. The second-order valence-electron chi connectivity index (χ2n) is 29.6. The zero-order valence-corrected chi connectivity index (χ0v) is 63.3. The van der Waals surface area contributed by atoms with Crippen molar-refractivity contribution in [1.29, 1.82) is 0 Å². The van der Waals surface area contributed by atoms with Crippen molar-refractivity contribution in [2.24, 2.45) is 5.92 Å². The SMILES string of the molecule is CCC(C)c1ccc(C(C)(C)O)cc1.CCC(C)c1ccc(C(C)(O)C(C)C)cc1.CCC(C)c1ccc(C(C)(O)CC)cc1.CCC(C)c1ccc(C(O)(CC)CC)cc1.CCC(C)c1ccc(C2(O)CCCC2)cc1.CCC(C)c1ccc(C2(O)CCCCC2)cc1. The summed E-state index contributed by atoms with van der Waals surface area (Å²) < 4.78 is 0. The molecule has 8 unspecified atom stereocenters. The summed E-state index contributed by atoms with van der Waals surface area (Å²) in [5.41, 5.74) is 10.6. The van der Waals surface area contributed by atoms with Crippen LogP contribution >= 0.6 is 0 Å². The number of hydrogen-bond acceptors (Lipinski definition) is 6. The minimum absolute atomic E-state index is 0.224. The van der Waals surface area contributed by atoms with Gasteiger partial charge in [0.15, 0.2) is 0 Å². The molecular formula is C88H136O6. The van der Waals surface area contributed by atoms with Gasteiger partial charge in [-0.1, -0.05) is 295 Å². The maximum atomic E-state index is 10.6. The average Bonchev–Trinajstić information content (AvgIpc) is 1.68.